The van der Waals surface area contributed by atoms with Crippen LogP contribution in [0.25, 0.3) is 11.1 Å². The maximum Gasteiger partial charge on any atom is 0.416 e. The van der Waals surface area contributed by atoms with Crippen molar-refractivity contribution in [3.8, 4) is 11.1 Å². The molecule has 1 N–H and O–H groups in total. The largest absolute Gasteiger partial charge is 0.846 e. The molecule has 0 spiro atoms. The first-order chi connectivity index (χ1) is 18.8. The molecule has 2 heterocycles. The molecule has 4 aromatic rings. The summed E-state index contributed by atoms with van der Waals surface area (Å²) in [6.45, 7) is 4.77. The van der Waals surface area contributed by atoms with Gasteiger partial charge in [0.2, 0.25) is 11.8 Å². The summed E-state index contributed by atoms with van der Waals surface area (Å²) in [5, 5.41) is 18.3. The van der Waals surface area contributed by atoms with Crippen molar-refractivity contribution in [1.82, 2.24) is 10.2 Å². The quantitative estimate of drug-likeness (QED) is 0.218. The Hall–Kier alpha value is -4.22. The van der Waals surface area contributed by atoms with Gasteiger partial charge in [-0.3, -0.25) is 9.42 Å². The lowest BCUT2D eigenvalue weighted by Gasteiger charge is -2.26. The summed E-state index contributed by atoms with van der Waals surface area (Å²) >= 11 is 0. The highest BCUT2D eigenvalue weighted by Gasteiger charge is 2.30. The molecule has 5 rings (SSSR count). The van der Waals surface area contributed by atoms with Crippen LogP contribution in [0.5, 0.6) is 0 Å². The minimum atomic E-state index is -4.51. The second kappa shape index (κ2) is 11.7. The predicted octanol–water partition coefficient (Wildman–Crippen LogP) is 3.99. The van der Waals surface area contributed by atoms with E-state index in [1.54, 1.807) is 0 Å². The van der Waals surface area contributed by atoms with Crippen LogP contribution in [0.15, 0.2) is 88.5 Å². The third-order valence-electron chi connectivity index (χ3n) is 6.25. The van der Waals surface area contributed by atoms with Gasteiger partial charge >= 0.3 is 12.1 Å². The second-order valence-electron chi connectivity index (χ2n) is 9.14. The Kier molecular flexibility index (Phi) is 7.89. The van der Waals surface area contributed by atoms with Crippen molar-refractivity contribution in [2.45, 2.75) is 19.3 Å². The summed E-state index contributed by atoms with van der Waals surface area (Å²) in [7, 11) is 0. The van der Waals surface area contributed by atoms with E-state index in [1.165, 1.54) is 28.6 Å². The number of aliphatic imine (C=N–C) groups is 1. The maximum atomic E-state index is 12.9. The van der Waals surface area contributed by atoms with Gasteiger partial charge in [0.25, 0.3) is 6.20 Å². The van der Waals surface area contributed by atoms with E-state index in [2.05, 4.69) is 44.7 Å². The molecule has 1 saturated heterocycles. The van der Waals surface area contributed by atoms with Crippen molar-refractivity contribution in [2.24, 2.45) is 4.99 Å². The molecule has 1 fully saturated rings. The molecule has 0 saturated carbocycles. The highest BCUT2D eigenvalue weighted by atomic mass is 19.4. The summed E-state index contributed by atoms with van der Waals surface area (Å²) in [6.07, 6.45) is -3.08. The van der Waals surface area contributed by atoms with E-state index >= 15 is 0 Å². The number of aromatic nitrogens is 2. The van der Waals surface area contributed by atoms with Crippen molar-refractivity contribution in [2.75, 3.05) is 31.6 Å². The van der Waals surface area contributed by atoms with E-state index in [0.717, 1.165) is 61.7 Å². The number of alkyl halides is 3. The average Bonchev–Trinajstić information content (AvgIpc) is 3.36. The predicted molar refractivity (Wildman–Crippen MR) is 136 cm³/mol. The number of nitrogens with zero attached hydrogens (tertiary/aromatic N) is 4. The van der Waals surface area contributed by atoms with E-state index in [1.807, 2.05) is 24.3 Å². The number of amidine groups is 1. The molecule has 11 heteroatoms. The Balaban J connectivity index is 1.17. The number of hydrogen-bond acceptors (Lipinski definition) is 6. The minimum Gasteiger partial charge on any atom is -0.846 e. The van der Waals surface area contributed by atoms with Gasteiger partial charge in [-0.15, -0.1) is 0 Å². The first-order valence-corrected chi connectivity index (χ1v) is 12.4. The van der Waals surface area contributed by atoms with Crippen LogP contribution < -0.4 is 15.1 Å². The lowest BCUT2D eigenvalue weighted by atomic mass is 10.0. The summed E-state index contributed by atoms with van der Waals surface area (Å²) in [5.74, 6) is -0.0757. The Morgan fingerprint density at radius 2 is 1.64 bits per heavy atom. The molecule has 202 valence electrons. The topological polar surface area (TPSA) is 89.8 Å². The average molecular weight is 538 g/mol. The summed E-state index contributed by atoms with van der Waals surface area (Å²) < 4.78 is 50.6. The molecule has 0 unspecified atom stereocenters. The Bertz CT molecular complexity index is 1410. The number of anilines is 1. The maximum absolute atomic E-state index is 12.9. The van der Waals surface area contributed by atoms with Crippen molar-refractivity contribution < 1.29 is 32.2 Å². The number of nitrogens with one attached hydrogen (secondary N) is 1. The number of rotatable bonds is 7. The molecular formula is C28H26F3N5O3. The molecule has 1 aromatic heterocycles. The zero-order valence-corrected chi connectivity index (χ0v) is 20.9. The summed E-state index contributed by atoms with van der Waals surface area (Å²) in [4.78, 5) is 6.10. The standard InChI is InChI=1S/C28H26F3N5O3/c29-28(30,31)24-2-1-3-25(16-24)32-27(37)33-26-19-36(34-39-26)18-21-6-10-23(11-7-21)22-8-4-20(5-9-22)17-35-12-14-38-15-13-35/h1-11,16,19H,12-15,17-18H2,(H-,32,33,34,37). The molecule has 0 amide bonds. The van der Waals surface area contributed by atoms with Gasteiger partial charge in [0.1, 0.15) is 0 Å². The van der Waals surface area contributed by atoms with Crippen molar-refractivity contribution in [3.05, 3.63) is 95.7 Å². The van der Waals surface area contributed by atoms with Crippen LogP contribution in [-0.2, 0) is 24.0 Å². The first kappa shape index (κ1) is 26.4. The summed E-state index contributed by atoms with van der Waals surface area (Å²) in [6, 6.07) is 20.0. The Morgan fingerprint density at radius 1 is 0.974 bits per heavy atom. The molecule has 1 aliphatic rings. The van der Waals surface area contributed by atoms with E-state index in [4.69, 9.17) is 9.26 Å². The van der Waals surface area contributed by atoms with Crippen LogP contribution in [0.2, 0.25) is 0 Å². The lowest BCUT2D eigenvalue weighted by molar-refractivity contribution is -0.754. The van der Waals surface area contributed by atoms with Crippen molar-refractivity contribution in [3.63, 3.8) is 0 Å². The fourth-order valence-electron chi connectivity index (χ4n) is 4.23. The van der Waals surface area contributed by atoms with Crippen LogP contribution in [0.1, 0.15) is 16.7 Å². The van der Waals surface area contributed by atoms with Gasteiger partial charge in [0, 0.05) is 30.9 Å². The van der Waals surface area contributed by atoms with Gasteiger partial charge < -0.3 is 15.2 Å². The summed E-state index contributed by atoms with van der Waals surface area (Å²) in [5.41, 5.74) is 3.53. The number of ether oxygens (including phenoxy) is 1. The van der Waals surface area contributed by atoms with Crippen LogP contribution in [0.3, 0.4) is 0 Å². The molecule has 0 aliphatic carbocycles. The molecule has 0 atom stereocenters. The van der Waals surface area contributed by atoms with Crippen molar-refractivity contribution >= 4 is 17.6 Å². The van der Waals surface area contributed by atoms with E-state index < -0.39 is 17.8 Å². The molecule has 39 heavy (non-hydrogen) atoms. The second-order valence-corrected chi connectivity index (χ2v) is 9.14. The van der Waals surface area contributed by atoms with Crippen LogP contribution in [0, 0.1) is 0 Å². The highest BCUT2D eigenvalue weighted by Crippen LogP contribution is 2.30. The van der Waals surface area contributed by atoms with Gasteiger partial charge in [-0.2, -0.15) is 13.2 Å². The van der Waals surface area contributed by atoms with E-state index in [9.17, 15) is 18.3 Å². The molecule has 8 nitrogen and oxygen atoms in total. The smallest absolute Gasteiger partial charge is 0.416 e. The lowest BCUT2D eigenvalue weighted by Crippen LogP contribution is -2.35. The van der Waals surface area contributed by atoms with Crippen LogP contribution >= 0.6 is 0 Å². The molecular weight excluding hydrogens is 511 g/mol. The van der Waals surface area contributed by atoms with Gasteiger partial charge in [-0.1, -0.05) is 54.6 Å². The molecule has 0 bridgehead atoms. The van der Waals surface area contributed by atoms with Gasteiger partial charge in [-0.25, -0.2) is 4.99 Å². The van der Waals surface area contributed by atoms with Crippen molar-refractivity contribution in [1.29, 1.82) is 0 Å². The number of hydrogen-bond donors (Lipinski definition) is 1. The Morgan fingerprint density at radius 3 is 2.31 bits per heavy atom. The molecule has 3 aromatic carbocycles. The SMILES string of the molecule is [O-]C(=Nc1c[n+](Cc2ccc(-c3ccc(CN4CCOCC4)cc3)cc2)no1)Nc1cccc(C(F)(F)F)c1. The van der Waals surface area contributed by atoms with E-state index in [-0.39, 0.29) is 11.6 Å². The van der Waals surface area contributed by atoms with Crippen LogP contribution in [-0.4, -0.2) is 42.5 Å². The molecule has 0 radical (unpaired) electrons. The third-order valence-corrected chi connectivity index (χ3v) is 6.25. The fourth-order valence-corrected chi connectivity index (χ4v) is 4.23. The Labute approximate surface area is 222 Å². The number of morpholine rings is 1. The first-order valence-electron chi connectivity index (χ1n) is 12.4. The fraction of sp³-hybridized carbons (Fsp3) is 0.250. The van der Waals surface area contributed by atoms with Gasteiger partial charge in [-0.05, 0) is 39.6 Å². The minimum absolute atomic E-state index is 0.0298. The number of benzene rings is 3. The van der Waals surface area contributed by atoms with Crippen LogP contribution in [0.4, 0.5) is 24.7 Å². The van der Waals surface area contributed by atoms with E-state index in [0.29, 0.717) is 6.54 Å². The van der Waals surface area contributed by atoms with Gasteiger partial charge in [0.05, 0.1) is 24.8 Å². The molecule has 1 aliphatic heterocycles. The number of halogens is 3. The zero-order valence-electron chi connectivity index (χ0n) is 20.9. The normalized spacial score (nSPS) is 14.9. The monoisotopic (exact) mass is 537 g/mol. The highest BCUT2D eigenvalue weighted by molar-refractivity contribution is 5.87. The van der Waals surface area contributed by atoms with Gasteiger partial charge in [0.15, 0.2) is 0 Å². The third kappa shape index (κ3) is 7.21. The zero-order chi connectivity index (χ0) is 27.2.